The van der Waals surface area contributed by atoms with Crippen LogP contribution in [0.1, 0.15) is 16.1 Å². The van der Waals surface area contributed by atoms with Gasteiger partial charge >= 0.3 is 0 Å². The fourth-order valence-corrected chi connectivity index (χ4v) is 4.40. The summed E-state index contributed by atoms with van der Waals surface area (Å²) in [5.74, 6) is 0.875. The molecule has 0 atom stereocenters. The van der Waals surface area contributed by atoms with Gasteiger partial charge < -0.3 is 14.5 Å². The van der Waals surface area contributed by atoms with Crippen LogP contribution in [0.2, 0.25) is 0 Å². The number of thioether (sulfide) groups is 1. The second-order valence-electron chi connectivity index (χ2n) is 7.84. The number of anilines is 1. The Kier molecular flexibility index (Phi) is 6.44. The molecule has 2 fully saturated rings. The molecule has 9 nitrogen and oxygen atoms in total. The minimum Gasteiger partial charge on any atom is -0.439 e. The molecule has 2 saturated heterocycles. The second-order valence-corrected chi connectivity index (χ2v) is 8.86. The lowest BCUT2D eigenvalue weighted by Gasteiger charge is -2.35. The molecule has 35 heavy (non-hydrogen) atoms. The van der Waals surface area contributed by atoms with E-state index in [1.165, 1.54) is 0 Å². The molecule has 176 valence electrons. The van der Waals surface area contributed by atoms with Crippen molar-refractivity contribution in [1.82, 2.24) is 20.2 Å². The van der Waals surface area contributed by atoms with Crippen LogP contribution in [0.4, 0.5) is 10.7 Å². The molecule has 3 aromatic rings. The molecular weight excluding hydrogens is 466 g/mol. The van der Waals surface area contributed by atoms with E-state index in [0.29, 0.717) is 55.0 Å². The standard InChI is InChI=1S/C25H21N5O4S/c31-22-20(35-25(33)28-22)15-18-16-21(34-19-9-5-2-6-10-19)27-24(26-18)30-13-11-29(12-14-30)23(32)17-7-3-1-4-8-17/h1-10,15-16H,11-14H2,(H,28,31,33). The number of hydrogen-bond donors (Lipinski definition) is 1. The van der Waals surface area contributed by atoms with Crippen LogP contribution in [0.15, 0.2) is 71.6 Å². The fourth-order valence-electron chi connectivity index (χ4n) is 3.74. The van der Waals surface area contributed by atoms with Gasteiger partial charge in [-0.1, -0.05) is 36.4 Å². The first-order valence-electron chi connectivity index (χ1n) is 11.0. The lowest BCUT2D eigenvalue weighted by Crippen LogP contribution is -2.49. The van der Waals surface area contributed by atoms with Crippen molar-refractivity contribution in [2.45, 2.75) is 0 Å². The van der Waals surface area contributed by atoms with E-state index >= 15 is 0 Å². The Balaban J connectivity index is 1.38. The predicted molar refractivity (Wildman–Crippen MR) is 132 cm³/mol. The Hall–Kier alpha value is -4.18. The maximum Gasteiger partial charge on any atom is 0.290 e. The number of benzene rings is 2. The molecule has 0 bridgehead atoms. The van der Waals surface area contributed by atoms with Gasteiger partial charge in [0, 0.05) is 37.8 Å². The quantitative estimate of drug-likeness (QED) is 0.545. The number of carbonyl (C=O) groups excluding carboxylic acids is 3. The summed E-state index contributed by atoms with van der Waals surface area (Å²) in [6.45, 7) is 2.11. The van der Waals surface area contributed by atoms with Gasteiger partial charge in [0.2, 0.25) is 11.8 Å². The van der Waals surface area contributed by atoms with E-state index in [9.17, 15) is 14.4 Å². The summed E-state index contributed by atoms with van der Waals surface area (Å²) >= 11 is 0.824. The van der Waals surface area contributed by atoms with Gasteiger partial charge in [0.25, 0.3) is 17.1 Å². The molecule has 0 aliphatic carbocycles. The number of nitrogens with one attached hydrogen (secondary N) is 1. The van der Waals surface area contributed by atoms with E-state index in [2.05, 4.69) is 15.3 Å². The highest BCUT2D eigenvalue weighted by Gasteiger charge is 2.27. The molecule has 1 aromatic heterocycles. The SMILES string of the molecule is O=C1NC(=O)C(=Cc2cc(Oc3ccccc3)nc(N3CCN(C(=O)c4ccccc4)CC3)n2)S1. The number of piperazine rings is 1. The Labute approximate surface area is 205 Å². The minimum atomic E-state index is -0.460. The van der Waals surface area contributed by atoms with Gasteiger partial charge in [0.15, 0.2) is 0 Å². The summed E-state index contributed by atoms with van der Waals surface area (Å²) in [4.78, 5) is 49.6. The molecule has 2 aliphatic heterocycles. The van der Waals surface area contributed by atoms with Crippen molar-refractivity contribution in [3.8, 4) is 11.6 Å². The Morgan fingerprint density at radius 3 is 2.29 bits per heavy atom. The van der Waals surface area contributed by atoms with Gasteiger partial charge in [-0.2, -0.15) is 4.98 Å². The van der Waals surface area contributed by atoms with E-state index in [4.69, 9.17) is 4.74 Å². The van der Waals surface area contributed by atoms with Gasteiger partial charge in [-0.3, -0.25) is 19.7 Å². The zero-order chi connectivity index (χ0) is 24.2. The molecule has 0 saturated carbocycles. The third kappa shape index (κ3) is 5.33. The molecule has 3 heterocycles. The first kappa shape index (κ1) is 22.6. The Bertz CT molecular complexity index is 1290. The average Bonchev–Trinajstić information content (AvgIpc) is 3.20. The van der Waals surface area contributed by atoms with Crippen LogP contribution >= 0.6 is 11.8 Å². The number of rotatable bonds is 5. The highest BCUT2D eigenvalue weighted by atomic mass is 32.2. The van der Waals surface area contributed by atoms with Crippen LogP contribution in [-0.2, 0) is 4.79 Å². The molecule has 10 heteroatoms. The maximum absolute atomic E-state index is 12.8. The number of hydrogen-bond acceptors (Lipinski definition) is 8. The van der Waals surface area contributed by atoms with Crippen LogP contribution < -0.4 is 15.0 Å². The highest BCUT2D eigenvalue weighted by molar-refractivity contribution is 8.18. The normalized spacial score (nSPS) is 17.0. The molecule has 0 unspecified atom stereocenters. The lowest BCUT2D eigenvalue weighted by atomic mass is 10.2. The topological polar surface area (TPSA) is 105 Å². The van der Waals surface area contributed by atoms with Gasteiger partial charge in [-0.15, -0.1) is 0 Å². The van der Waals surface area contributed by atoms with Crippen molar-refractivity contribution < 1.29 is 19.1 Å². The summed E-state index contributed by atoms with van der Waals surface area (Å²) in [6.07, 6.45) is 1.54. The zero-order valence-corrected chi connectivity index (χ0v) is 19.4. The molecule has 5 rings (SSSR count). The molecule has 3 amide bonds. The Morgan fingerprint density at radius 1 is 0.943 bits per heavy atom. The van der Waals surface area contributed by atoms with Crippen molar-refractivity contribution in [3.63, 3.8) is 0 Å². The molecule has 2 aliphatic rings. The summed E-state index contributed by atoms with van der Waals surface area (Å²) < 4.78 is 5.93. The van der Waals surface area contributed by atoms with E-state index in [-0.39, 0.29) is 10.8 Å². The van der Waals surface area contributed by atoms with Gasteiger partial charge in [-0.05, 0) is 42.1 Å². The van der Waals surface area contributed by atoms with Crippen LogP contribution in [0.25, 0.3) is 6.08 Å². The molecule has 0 spiro atoms. The minimum absolute atomic E-state index is 0.00769. The average molecular weight is 488 g/mol. The summed E-state index contributed by atoms with van der Waals surface area (Å²) in [7, 11) is 0. The monoisotopic (exact) mass is 487 g/mol. The van der Waals surface area contributed by atoms with E-state index < -0.39 is 11.1 Å². The number of nitrogens with zero attached hydrogens (tertiary/aromatic N) is 4. The first-order valence-corrected chi connectivity index (χ1v) is 11.8. The molecule has 2 aromatic carbocycles. The first-order chi connectivity index (χ1) is 17.0. The van der Waals surface area contributed by atoms with Crippen molar-refractivity contribution in [2.75, 3.05) is 31.1 Å². The van der Waals surface area contributed by atoms with Crippen molar-refractivity contribution in [2.24, 2.45) is 0 Å². The van der Waals surface area contributed by atoms with Crippen molar-refractivity contribution in [3.05, 3.63) is 82.9 Å². The zero-order valence-electron chi connectivity index (χ0n) is 18.6. The number of para-hydroxylation sites is 1. The maximum atomic E-state index is 12.8. The number of imide groups is 1. The third-order valence-electron chi connectivity index (χ3n) is 5.47. The van der Waals surface area contributed by atoms with Gasteiger partial charge in [0.05, 0.1) is 10.6 Å². The lowest BCUT2D eigenvalue weighted by molar-refractivity contribution is -0.115. The second kappa shape index (κ2) is 9.98. The summed E-state index contributed by atoms with van der Waals surface area (Å²) in [5, 5.41) is 1.82. The highest BCUT2D eigenvalue weighted by Crippen LogP contribution is 2.28. The summed E-state index contributed by atoms with van der Waals surface area (Å²) in [5.41, 5.74) is 1.10. The van der Waals surface area contributed by atoms with Gasteiger partial charge in [0.1, 0.15) is 5.75 Å². The van der Waals surface area contributed by atoms with E-state index in [1.807, 2.05) is 70.5 Å². The van der Waals surface area contributed by atoms with E-state index in [1.54, 1.807) is 12.1 Å². The van der Waals surface area contributed by atoms with Crippen LogP contribution in [0.3, 0.4) is 0 Å². The third-order valence-corrected chi connectivity index (χ3v) is 6.28. The molecule has 0 radical (unpaired) electrons. The molecule has 1 N–H and O–H groups in total. The fraction of sp³-hybridized carbons (Fsp3) is 0.160. The summed E-state index contributed by atoms with van der Waals surface area (Å²) in [6, 6.07) is 20.0. The van der Waals surface area contributed by atoms with E-state index in [0.717, 1.165) is 11.8 Å². The van der Waals surface area contributed by atoms with Crippen LogP contribution in [0, 0.1) is 0 Å². The smallest absolute Gasteiger partial charge is 0.290 e. The number of amides is 3. The number of ether oxygens (including phenoxy) is 1. The van der Waals surface area contributed by atoms with Crippen LogP contribution in [0.5, 0.6) is 11.6 Å². The van der Waals surface area contributed by atoms with Crippen molar-refractivity contribution in [1.29, 1.82) is 0 Å². The Morgan fingerprint density at radius 2 is 1.63 bits per heavy atom. The van der Waals surface area contributed by atoms with Crippen molar-refractivity contribution >= 4 is 40.8 Å². The van der Waals surface area contributed by atoms with Gasteiger partial charge in [-0.25, -0.2) is 4.98 Å². The predicted octanol–water partition coefficient (Wildman–Crippen LogP) is 3.56. The molecular formula is C25H21N5O4S. The number of carbonyl (C=O) groups is 3. The largest absolute Gasteiger partial charge is 0.439 e. The number of aromatic nitrogens is 2. The van der Waals surface area contributed by atoms with Crippen LogP contribution in [-0.4, -0.2) is 58.1 Å².